The summed E-state index contributed by atoms with van der Waals surface area (Å²) in [6.07, 6.45) is -5.81. The summed E-state index contributed by atoms with van der Waals surface area (Å²) in [5, 5.41) is 37.3. The third-order valence-corrected chi connectivity index (χ3v) is 3.07. The fraction of sp³-hybridized carbons (Fsp3) is 1.00. The number of aliphatic hydroxyl groups is 4. The zero-order valence-electron chi connectivity index (χ0n) is 8.78. The van der Waals surface area contributed by atoms with Gasteiger partial charge in [-0.3, -0.25) is 0 Å². The SMILES string of the molecule is C[SiH](C)O[C@@H]1O[C@H](CO)[C@@H](O)[C@H](O)[C@@H]1O. The van der Waals surface area contributed by atoms with Crippen molar-refractivity contribution in [3.8, 4) is 0 Å². The molecule has 0 spiro atoms. The highest BCUT2D eigenvalue weighted by Crippen LogP contribution is 2.22. The minimum absolute atomic E-state index is 0.426. The highest BCUT2D eigenvalue weighted by atomic mass is 28.3. The van der Waals surface area contributed by atoms with Gasteiger partial charge in [-0.2, -0.15) is 0 Å². The molecule has 0 aliphatic carbocycles. The average Bonchev–Trinajstić information content (AvgIpc) is 2.18. The fourth-order valence-electron chi connectivity index (χ4n) is 1.45. The normalized spacial score (nSPS) is 42.2. The molecule has 7 heteroatoms. The first-order valence-electron chi connectivity index (χ1n) is 4.93. The number of rotatable bonds is 3. The van der Waals surface area contributed by atoms with E-state index in [2.05, 4.69) is 0 Å². The van der Waals surface area contributed by atoms with Crippen molar-refractivity contribution in [3.63, 3.8) is 0 Å². The van der Waals surface area contributed by atoms with E-state index in [1.165, 1.54) is 0 Å². The van der Waals surface area contributed by atoms with Gasteiger partial charge in [-0.1, -0.05) is 0 Å². The molecule has 1 saturated heterocycles. The molecule has 6 nitrogen and oxygen atoms in total. The van der Waals surface area contributed by atoms with Gasteiger partial charge < -0.3 is 29.6 Å². The summed E-state index contributed by atoms with van der Waals surface area (Å²) in [6.45, 7) is 3.35. The Morgan fingerprint density at radius 1 is 1.13 bits per heavy atom. The van der Waals surface area contributed by atoms with Crippen LogP contribution in [0.3, 0.4) is 0 Å². The third kappa shape index (κ3) is 2.97. The summed E-state index contributed by atoms with van der Waals surface area (Å²) in [5.74, 6) is 0. The van der Waals surface area contributed by atoms with Crippen LogP contribution in [0, 0.1) is 0 Å². The first-order valence-corrected chi connectivity index (χ1v) is 7.71. The largest absolute Gasteiger partial charge is 0.394 e. The minimum Gasteiger partial charge on any atom is -0.394 e. The van der Waals surface area contributed by atoms with Crippen molar-refractivity contribution < 1.29 is 29.6 Å². The van der Waals surface area contributed by atoms with Gasteiger partial charge in [0.2, 0.25) is 0 Å². The van der Waals surface area contributed by atoms with Crippen LogP contribution in [0.2, 0.25) is 13.1 Å². The van der Waals surface area contributed by atoms with E-state index in [4.69, 9.17) is 14.3 Å². The maximum absolute atomic E-state index is 9.55. The van der Waals surface area contributed by atoms with Crippen molar-refractivity contribution in [2.24, 2.45) is 0 Å². The lowest BCUT2D eigenvalue weighted by Crippen LogP contribution is -2.59. The molecule has 1 aliphatic rings. The Hall–Kier alpha value is -0.0231. The Kier molecular flexibility index (Phi) is 4.65. The molecule has 5 atom stereocenters. The Morgan fingerprint density at radius 2 is 1.73 bits per heavy atom. The molecule has 1 rings (SSSR count). The predicted molar refractivity (Wildman–Crippen MR) is 53.7 cm³/mol. The van der Waals surface area contributed by atoms with Crippen LogP contribution in [-0.2, 0) is 9.16 Å². The molecular weight excluding hydrogens is 220 g/mol. The molecular formula is C8H18O6Si. The van der Waals surface area contributed by atoms with Gasteiger partial charge in [0.25, 0.3) is 0 Å². The third-order valence-electron chi connectivity index (χ3n) is 2.25. The summed E-state index contributed by atoms with van der Waals surface area (Å²) in [7, 11) is -1.43. The fourth-order valence-corrected chi connectivity index (χ4v) is 2.21. The zero-order valence-corrected chi connectivity index (χ0v) is 9.93. The van der Waals surface area contributed by atoms with E-state index in [-0.39, 0.29) is 0 Å². The smallest absolute Gasteiger partial charge is 0.177 e. The molecule has 0 saturated carbocycles. The van der Waals surface area contributed by atoms with E-state index < -0.39 is 46.4 Å². The van der Waals surface area contributed by atoms with Crippen molar-refractivity contribution in [2.75, 3.05) is 6.61 Å². The van der Waals surface area contributed by atoms with E-state index >= 15 is 0 Å². The summed E-state index contributed by atoms with van der Waals surface area (Å²) in [6, 6.07) is 0. The van der Waals surface area contributed by atoms with Crippen molar-refractivity contribution in [2.45, 2.75) is 43.8 Å². The van der Waals surface area contributed by atoms with Gasteiger partial charge in [-0.25, -0.2) is 0 Å². The van der Waals surface area contributed by atoms with Crippen LogP contribution < -0.4 is 0 Å². The number of aliphatic hydroxyl groups excluding tert-OH is 4. The molecule has 0 aromatic rings. The Balaban J connectivity index is 2.65. The van der Waals surface area contributed by atoms with E-state index in [1.54, 1.807) is 0 Å². The first kappa shape index (κ1) is 13.0. The van der Waals surface area contributed by atoms with E-state index in [1.807, 2.05) is 13.1 Å². The van der Waals surface area contributed by atoms with Gasteiger partial charge in [-0.15, -0.1) is 0 Å². The quantitative estimate of drug-likeness (QED) is 0.416. The maximum atomic E-state index is 9.55. The zero-order chi connectivity index (χ0) is 11.6. The second-order valence-corrected chi connectivity index (χ2v) is 6.25. The number of hydrogen-bond donors (Lipinski definition) is 4. The predicted octanol–water partition coefficient (Wildman–Crippen LogP) is -2.21. The van der Waals surface area contributed by atoms with Gasteiger partial charge in [0.15, 0.2) is 15.3 Å². The van der Waals surface area contributed by atoms with Gasteiger partial charge in [0.05, 0.1) is 6.61 Å². The average molecular weight is 238 g/mol. The molecule has 1 fully saturated rings. The molecule has 1 aliphatic heterocycles. The van der Waals surface area contributed by atoms with Crippen molar-refractivity contribution in [1.82, 2.24) is 0 Å². The molecule has 90 valence electrons. The Morgan fingerprint density at radius 3 is 2.20 bits per heavy atom. The first-order chi connectivity index (χ1) is 6.97. The Labute approximate surface area is 89.8 Å². The lowest BCUT2D eigenvalue weighted by Gasteiger charge is -2.40. The molecule has 0 radical (unpaired) electrons. The lowest BCUT2D eigenvalue weighted by atomic mass is 10.00. The van der Waals surface area contributed by atoms with Crippen LogP contribution >= 0.6 is 0 Å². The van der Waals surface area contributed by atoms with E-state index in [9.17, 15) is 15.3 Å². The van der Waals surface area contributed by atoms with Crippen molar-refractivity contribution in [3.05, 3.63) is 0 Å². The monoisotopic (exact) mass is 238 g/mol. The Bertz CT molecular complexity index is 200. The topological polar surface area (TPSA) is 99.4 Å². The second kappa shape index (κ2) is 5.35. The molecule has 4 N–H and O–H groups in total. The van der Waals surface area contributed by atoms with Crippen LogP contribution in [0.25, 0.3) is 0 Å². The summed E-state index contributed by atoms with van der Waals surface area (Å²) in [4.78, 5) is 0. The summed E-state index contributed by atoms with van der Waals surface area (Å²) >= 11 is 0. The van der Waals surface area contributed by atoms with Gasteiger partial charge in [-0.05, 0) is 13.1 Å². The van der Waals surface area contributed by atoms with Crippen molar-refractivity contribution >= 4 is 9.04 Å². The van der Waals surface area contributed by atoms with Gasteiger partial charge in [0.1, 0.15) is 24.4 Å². The summed E-state index contributed by atoms with van der Waals surface area (Å²) < 4.78 is 10.5. The van der Waals surface area contributed by atoms with Crippen LogP contribution in [0.5, 0.6) is 0 Å². The van der Waals surface area contributed by atoms with Crippen LogP contribution in [0.1, 0.15) is 0 Å². The molecule has 0 amide bonds. The molecule has 15 heavy (non-hydrogen) atoms. The maximum Gasteiger partial charge on any atom is 0.177 e. The molecule has 0 aromatic heterocycles. The van der Waals surface area contributed by atoms with Crippen LogP contribution in [0.4, 0.5) is 0 Å². The van der Waals surface area contributed by atoms with Crippen LogP contribution in [0.15, 0.2) is 0 Å². The summed E-state index contributed by atoms with van der Waals surface area (Å²) in [5.41, 5.74) is 0. The van der Waals surface area contributed by atoms with E-state index in [0.29, 0.717) is 0 Å². The lowest BCUT2D eigenvalue weighted by molar-refractivity contribution is -0.279. The standard InChI is InChI=1S/C8H18O6Si/c1-15(2)14-8-7(12)6(11)5(10)4(3-9)13-8/h4-12,15H,3H2,1-2H3/t4-,5-,6+,7+,8+/m1/s1. The number of hydrogen-bond acceptors (Lipinski definition) is 6. The highest BCUT2D eigenvalue weighted by molar-refractivity contribution is 6.48. The molecule has 0 aromatic carbocycles. The van der Waals surface area contributed by atoms with Crippen molar-refractivity contribution in [1.29, 1.82) is 0 Å². The molecule has 1 heterocycles. The van der Waals surface area contributed by atoms with Gasteiger partial charge >= 0.3 is 0 Å². The number of ether oxygens (including phenoxy) is 1. The van der Waals surface area contributed by atoms with Gasteiger partial charge in [0, 0.05) is 0 Å². The minimum atomic E-state index is -1.43. The van der Waals surface area contributed by atoms with Crippen LogP contribution in [-0.4, -0.2) is 66.8 Å². The van der Waals surface area contributed by atoms with E-state index in [0.717, 1.165) is 0 Å². The molecule has 0 bridgehead atoms. The second-order valence-electron chi connectivity index (χ2n) is 3.88. The highest BCUT2D eigenvalue weighted by Gasteiger charge is 2.44. The molecule has 0 unspecified atom stereocenters.